The first kappa shape index (κ1) is 24.3. The summed E-state index contributed by atoms with van der Waals surface area (Å²) in [6.07, 6.45) is -3.23. The smallest absolute Gasteiger partial charge is 0.324 e. The summed E-state index contributed by atoms with van der Waals surface area (Å²) in [6, 6.07) is 13.4. The van der Waals surface area contributed by atoms with Gasteiger partial charge in [-0.25, -0.2) is 4.79 Å². The van der Waals surface area contributed by atoms with Crippen LogP contribution in [0.25, 0.3) is 0 Å². The van der Waals surface area contributed by atoms with Crippen molar-refractivity contribution in [1.29, 1.82) is 0 Å². The largest absolute Gasteiger partial charge is 0.497 e. The van der Waals surface area contributed by atoms with Gasteiger partial charge in [0, 0.05) is 35.8 Å². The lowest BCUT2D eigenvalue weighted by atomic mass is 10.1. The third kappa shape index (κ3) is 6.58. The quantitative estimate of drug-likeness (QED) is 0.623. The Balaban J connectivity index is 1.74. The molecule has 4 amide bonds. The highest BCUT2D eigenvalue weighted by Crippen LogP contribution is 2.24. The third-order valence-electron chi connectivity index (χ3n) is 4.95. The Morgan fingerprint density at radius 2 is 1.67 bits per heavy atom. The van der Waals surface area contributed by atoms with Gasteiger partial charge in [0.1, 0.15) is 5.75 Å². The highest BCUT2D eigenvalue weighted by atomic mass is 32.2. The van der Waals surface area contributed by atoms with E-state index in [1.54, 1.807) is 41.7 Å². The summed E-state index contributed by atoms with van der Waals surface area (Å²) in [4.78, 5) is 39.7. The van der Waals surface area contributed by atoms with Gasteiger partial charge in [-0.2, -0.15) is 20.5 Å². The molecule has 1 saturated heterocycles. The summed E-state index contributed by atoms with van der Waals surface area (Å²) in [7, 11) is 1.57. The maximum absolute atomic E-state index is 13.3. The average Bonchev–Trinajstić information content (AvgIpc) is 2.86. The molecule has 0 bridgehead atoms. The summed E-state index contributed by atoms with van der Waals surface area (Å²) < 4.78 is 29.7. The van der Waals surface area contributed by atoms with Gasteiger partial charge in [0.15, 0.2) is 0 Å². The van der Waals surface area contributed by atoms with E-state index in [4.69, 9.17) is 4.74 Å². The first-order valence-electron chi connectivity index (χ1n) is 10.1. The summed E-state index contributed by atoms with van der Waals surface area (Å²) in [5.74, 6) is 0.117. The van der Waals surface area contributed by atoms with Crippen LogP contribution in [-0.4, -0.2) is 60.9 Å². The third-order valence-corrected chi connectivity index (χ3v) is 5.89. The molecule has 33 heavy (non-hydrogen) atoms. The standard InChI is InChI=1S/C22H24F2N4O4S/c1-32-18-8-6-17(7-9-18)28(22(31)27-10-12-33-13-11-27)14-15-2-4-16(5-3-15)20(29)25-26-21(30)19(23)24/h2-9,19H,10-14H2,1H3,(H,25,29)(H,26,30). The van der Waals surface area contributed by atoms with E-state index in [0.29, 0.717) is 24.5 Å². The molecule has 0 radical (unpaired) electrons. The van der Waals surface area contributed by atoms with Gasteiger partial charge >= 0.3 is 18.4 Å². The summed E-state index contributed by atoms with van der Waals surface area (Å²) in [6.45, 7) is 1.60. The van der Waals surface area contributed by atoms with E-state index in [9.17, 15) is 23.2 Å². The molecule has 8 nitrogen and oxygen atoms in total. The lowest BCUT2D eigenvalue weighted by Crippen LogP contribution is -2.46. The number of carbonyl (C=O) groups is 3. The molecule has 2 N–H and O–H groups in total. The molecule has 2 aromatic rings. The van der Waals surface area contributed by atoms with Gasteiger partial charge < -0.3 is 9.64 Å². The second kappa shape index (κ2) is 11.5. The topological polar surface area (TPSA) is 91.0 Å². The Morgan fingerprint density at radius 3 is 2.24 bits per heavy atom. The molecule has 1 fully saturated rings. The number of alkyl halides is 2. The van der Waals surface area contributed by atoms with E-state index >= 15 is 0 Å². The van der Waals surface area contributed by atoms with Gasteiger partial charge in [-0.1, -0.05) is 12.1 Å². The van der Waals surface area contributed by atoms with Gasteiger partial charge in [-0.05, 0) is 42.0 Å². The average molecular weight is 479 g/mol. The number of rotatable bonds is 6. The monoisotopic (exact) mass is 478 g/mol. The van der Waals surface area contributed by atoms with E-state index < -0.39 is 18.2 Å². The zero-order chi connectivity index (χ0) is 23.8. The summed E-state index contributed by atoms with van der Waals surface area (Å²) in [5.41, 5.74) is 5.22. The van der Waals surface area contributed by atoms with E-state index in [1.165, 1.54) is 12.1 Å². The van der Waals surface area contributed by atoms with Crippen LogP contribution in [-0.2, 0) is 11.3 Å². The Morgan fingerprint density at radius 1 is 1.03 bits per heavy atom. The zero-order valence-electron chi connectivity index (χ0n) is 17.9. The second-order valence-corrected chi connectivity index (χ2v) is 8.33. The van der Waals surface area contributed by atoms with Gasteiger partial charge in [-0.3, -0.25) is 25.3 Å². The Hall–Kier alpha value is -3.34. The molecule has 1 heterocycles. The van der Waals surface area contributed by atoms with Crippen LogP contribution < -0.4 is 20.5 Å². The fourth-order valence-electron chi connectivity index (χ4n) is 3.15. The predicted molar refractivity (Wildman–Crippen MR) is 122 cm³/mol. The minimum absolute atomic E-state index is 0.114. The molecular weight excluding hydrogens is 454 g/mol. The van der Waals surface area contributed by atoms with Crippen molar-refractivity contribution in [3.8, 4) is 5.75 Å². The molecule has 1 aliphatic rings. The number of nitrogens with zero attached hydrogens (tertiary/aromatic N) is 2. The minimum Gasteiger partial charge on any atom is -0.497 e. The number of anilines is 1. The first-order valence-corrected chi connectivity index (χ1v) is 11.3. The molecule has 0 aliphatic carbocycles. The van der Waals surface area contributed by atoms with Crippen LogP contribution in [0.5, 0.6) is 5.75 Å². The predicted octanol–water partition coefficient (Wildman–Crippen LogP) is 2.90. The highest BCUT2D eigenvalue weighted by molar-refractivity contribution is 7.99. The number of halogens is 2. The Kier molecular flexibility index (Phi) is 8.47. The van der Waals surface area contributed by atoms with Gasteiger partial charge in [0.05, 0.1) is 13.7 Å². The van der Waals surface area contributed by atoms with Gasteiger partial charge in [0.25, 0.3) is 5.91 Å². The summed E-state index contributed by atoms with van der Waals surface area (Å²) >= 11 is 1.81. The number of hydrazine groups is 1. The fraction of sp³-hybridized carbons (Fsp3) is 0.318. The van der Waals surface area contributed by atoms with Crippen LogP contribution in [0, 0.1) is 0 Å². The molecule has 0 saturated carbocycles. The highest BCUT2D eigenvalue weighted by Gasteiger charge is 2.24. The van der Waals surface area contributed by atoms with Crippen LogP contribution >= 0.6 is 11.8 Å². The normalized spacial score (nSPS) is 13.4. The molecular formula is C22H24F2N4O4S. The SMILES string of the molecule is COc1ccc(N(Cc2ccc(C(=O)NNC(=O)C(F)F)cc2)C(=O)N2CCSCC2)cc1. The van der Waals surface area contributed by atoms with Crippen molar-refractivity contribution < 1.29 is 27.9 Å². The van der Waals surface area contributed by atoms with Crippen LogP contribution in [0.15, 0.2) is 48.5 Å². The number of benzene rings is 2. The number of thioether (sulfide) groups is 1. The first-order chi connectivity index (χ1) is 15.9. The van der Waals surface area contributed by atoms with Crippen LogP contribution in [0.2, 0.25) is 0 Å². The van der Waals surface area contributed by atoms with E-state index in [1.807, 2.05) is 34.2 Å². The molecule has 0 unspecified atom stereocenters. The number of urea groups is 1. The number of amides is 4. The minimum atomic E-state index is -3.23. The van der Waals surface area contributed by atoms with Crippen LogP contribution in [0.3, 0.4) is 0 Å². The van der Waals surface area contributed by atoms with Gasteiger partial charge in [-0.15, -0.1) is 0 Å². The fourth-order valence-corrected chi connectivity index (χ4v) is 4.05. The van der Waals surface area contributed by atoms with Crippen molar-refractivity contribution in [3.05, 3.63) is 59.7 Å². The maximum Gasteiger partial charge on any atom is 0.324 e. The Labute approximate surface area is 194 Å². The van der Waals surface area contributed by atoms with Crippen LogP contribution in [0.4, 0.5) is 19.3 Å². The lowest BCUT2D eigenvalue weighted by molar-refractivity contribution is -0.132. The van der Waals surface area contributed by atoms with Crippen molar-refractivity contribution >= 4 is 35.3 Å². The van der Waals surface area contributed by atoms with E-state index in [0.717, 1.165) is 17.1 Å². The van der Waals surface area contributed by atoms with E-state index in [-0.39, 0.29) is 18.1 Å². The molecule has 11 heteroatoms. The lowest BCUT2D eigenvalue weighted by Gasteiger charge is -2.33. The molecule has 2 aromatic carbocycles. The van der Waals surface area contributed by atoms with Crippen molar-refractivity contribution in [2.24, 2.45) is 0 Å². The van der Waals surface area contributed by atoms with Crippen molar-refractivity contribution in [1.82, 2.24) is 15.8 Å². The van der Waals surface area contributed by atoms with Crippen LogP contribution in [0.1, 0.15) is 15.9 Å². The maximum atomic E-state index is 13.3. The Bertz CT molecular complexity index is 967. The summed E-state index contributed by atoms with van der Waals surface area (Å²) in [5, 5.41) is 0. The number of carbonyl (C=O) groups excluding carboxylic acids is 3. The molecule has 176 valence electrons. The molecule has 0 spiro atoms. The number of ether oxygens (including phenoxy) is 1. The number of nitrogens with one attached hydrogen (secondary N) is 2. The zero-order valence-corrected chi connectivity index (χ0v) is 18.7. The van der Waals surface area contributed by atoms with Crippen molar-refractivity contribution in [3.63, 3.8) is 0 Å². The second-order valence-electron chi connectivity index (χ2n) is 7.11. The van der Waals surface area contributed by atoms with E-state index in [2.05, 4.69) is 0 Å². The molecule has 0 aromatic heterocycles. The van der Waals surface area contributed by atoms with Crippen molar-refractivity contribution in [2.45, 2.75) is 13.0 Å². The van der Waals surface area contributed by atoms with Gasteiger partial charge in [0.2, 0.25) is 0 Å². The molecule has 0 atom stereocenters. The number of methoxy groups -OCH3 is 1. The van der Waals surface area contributed by atoms with Crippen molar-refractivity contribution in [2.75, 3.05) is 36.6 Å². The number of hydrogen-bond donors (Lipinski definition) is 2. The molecule has 3 rings (SSSR count). The number of hydrogen-bond acceptors (Lipinski definition) is 5. The molecule has 1 aliphatic heterocycles.